The van der Waals surface area contributed by atoms with E-state index < -0.39 is 10.0 Å². The summed E-state index contributed by atoms with van der Waals surface area (Å²) >= 11 is 1.22. The average Bonchev–Trinajstić information content (AvgIpc) is 3.24. The molecule has 0 aliphatic carbocycles. The van der Waals surface area contributed by atoms with Crippen molar-refractivity contribution in [2.45, 2.75) is 30.5 Å². The maximum absolute atomic E-state index is 12.5. The molecule has 2 aromatic rings. The molecule has 0 unspecified atom stereocenters. The van der Waals surface area contributed by atoms with Crippen LogP contribution in [0, 0.1) is 6.92 Å². The number of nitrogens with zero attached hydrogens (tertiary/aromatic N) is 1. The predicted molar refractivity (Wildman–Crippen MR) is 94.7 cm³/mol. The van der Waals surface area contributed by atoms with Crippen LogP contribution in [-0.4, -0.2) is 31.7 Å². The molecule has 0 saturated carbocycles. The second-order valence-corrected chi connectivity index (χ2v) is 9.22. The number of carbonyl (C=O) groups excluding carboxylic acids is 1. The van der Waals surface area contributed by atoms with Gasteiger partial charge in [0.2, 0.25) is 0 Å². The second-order valence-electron chi connectivity index (χ2n) is 5.88. The zero-order valence-electron chi connectivity index (χ0n) is 13.5. The molecule has 1 amide bonds. The van der Waals surface area contributed by atoms with E-state index in [1.165, 1.54) is 15.6 Å². The molecule has 1 aliphatic heterocycles. The lowest BCUT2D eigenvalue weighted by atomic mass is 10.1. The first kappa shape index (κ1) is 17.1. The van der Waals surface area contributed by atoms with Crippen molar-refractivity contribution in [3.05, 3.63) is 52.4 Å². The van der Waals surface area contributed by atoms with Crippen LogP contribution in [0.1, 0.15) is 33.6 Å². The standard InChI is InChI=1S/C17H20N2O3S2/c1-13-5-4-6-14(11-13)17(20)18-12-15-7-8-16(23-15)24(21,22)19-9-2-3-10-19/h4-8,11H,2-3,9-10,12H2,1H3,(H,18,20). The maximum atomic E-state index is 12.5. The van der Waals surface area contributed by atoms with E-state index in [0.29, 0.717) is 29.4 Å². The summed E-state index contributed by atoms with van der Waals surface area (Å²) < 4.78 is 26.9. The van der Waals surface area contributed by atoms with Gasteiger partial charge in [-0.3, -0.25) is 4.79 Å². The number of hydrogen-bond acceptors (Lipinski definition) is 4. The highest BCUT2D eigenvalue weighted by atomic mass is 32.2. The molecule has 0 atom stereocenters. The summed E-state index contributed by atoms with van der Waals surface area (Å²) in [5.41, 5.74) is 1.63. The summed E-state index contributed by atoms with van der Waals surface area (Å²) in [7, 11) is -3.38. The van der Waals surface area contributed by atoms with Gasteiger partial charge in [-0.25, -0.2) is 8.42 Å². The third-order valence-electron chi connectivity index (χ3n) is 4.00. The van der Waals surface area contributed by atoms with Crippen LogP contribution in [-0.2, 0) is 16.6 Å². The first-order chi connectivity index (χ1) is 11.5. The smallest absolute Gasteiger partial charge is 0.252 e. The lowest BCUT2D eigenvalue weighted by molar-refractivity contribution is 0.0951. The van der Waals surface area contributed by atoms with E-state index in [1.54, 1.807) is 18.2 Å². The Labute approximate surface area is 146 Å². The van der Waals surface area contributed by atoms with E-state index in [9.17, 15) is 13.2 Å². The molecule has 1 fully saturated rings. The summed E-state index contributed by atoms with van der Waals surface area (Å²) in [5.74, 6) is -0.156. The largest absolute Gasteiger partial charge is 0.347 e. The number of aryl methyl sites for hydroxylation is 1. The van der Waals surface area contributed by atoms with Crippen LogP contribution in [0.3, 0.4) is 0 Å². The lowest BCUT2D eigenvalue weighted by Crippen LogP contribution is -2.27. The molecule has 24 heavy (non-hydrogen) atoms. The highest BCUT2D eigenvalue weighted by Crippen LogP contribution is 2.27. The van der Waals surface area contributed by atoms with Gasteiger partial charge in [-0.1, -0.05) is 17.7 Å². The van der Waals surface area contributed by atoms with Crippen molar-refractivity contribution in [2.24, 2.45) is 0 Å². The normalized spacial score (nSPS) is 15.5. The van der Waals surface area contributed by atoms with Crippen molar-refractivity contribution < 1.29 is 13.2 Å². The number of sulfonamides is 1. The zero-order chi connectivity index (χ0) is 17.2. The van der Waals surface area contributed by atoms with E-state index in [2.05, 4.69) is 5.32 Å². The fraction of sp³-hybridized carbons (Fsp3) is 0.353. The van der Waals surface area contributed by atoms with Crippen molar-refractivity contribution in [3.8, 4) is 0 Å². The SMILES string of the molecule is Cc1cccc(C(=O)NCc2ccc(S(=O)(=O)N3CCCC3)s2)c1. The molecule has 5 nitrogen and oxygen atoms in total. The Hall–Kier alpha value is -1.70. The second kappa shape index (κ2) is 7.04. The molecule has 0 bridgehead atoms. The Bertz CT molecular complexity index is 837. The topological polar surface area (TPSA) is 66.5 Å². The Balaban J connectivity index is 1.65. The van der Waals surface area contributed by atoms with Gasteiger partial charge in [0.05, 0.1) is 6.54 Å². The monoisotopic (exact) mass is 364 g/mol. The molecule has 0 radical (unpaired) electrons. The van der Waals surface area contributed by atoms with Crippen LogP contribution in [0.25, 0.3) is 0 Å². The summed E-state index contributed by atoms with van der Waals surface area (Å²) in [6.07, 6.45) is 1.84. The summed E-state index contributed by atoms with van der Waals surface area (Å²) in [6, 6.07) is 10.8. The van der Waals surface area contributed by atoms with E-state index in [-0.39, 0.29) is 5.91 Å². The van der Waals surface area contributed by atoms with E-state index in [0.717, 1.165) is 23.3 Å². The molecule has 128 valence electrons. The van der Waals surface area contributed by atoms with Gasteiger partial charge in [-0.05, 0) is 44.0 Å². The first-order valence-corrected chi connectivity index (χ1v) is 10.2. The van der Waals surface area contributed by atoms with Crippen LogP contribution in [0.5, 0.6) is 0 Å². The van der Waals surface area contributed by atoms with Crippen molar-refractivity contribution in [2.75, 3.05) is 13.1 Å². The summed E-state index contributed by atoms with van der Waals surface area (Å²) in [4.78, 5) is 13.0. The Kier molecular flexibility index (Phi) is 5.03. The summed E-state index contributed by atoms with van der Waals surface area (Å²) in [5, 5.41) is 2.84. The van der Waals surface area contributed by atoms with Crippen molar-refractivity contribution >= 4 is 27.3 Å². The highest BCUT2D eigenvalue weighted by Gasteiger charge is 2.28. The fourth-order valence-electron chi connectivity index (χ4n) is 2.70. The first-order valence-electron chi connectivity index (χ1n) is 7.90. The van der Waals surface area contributed by atoms with Gasteiger partial charge in [0.15, 0.2) is 0 Å². The third-order valence-corrected chi connectivity index (χ3v) is 7.45. The molecule has 7 heteroatoms. The lowest BCUT2D eigenvalue weighted by Gasteiger charge is -2.13. The minimum Gasteiger partial charge on any atom is -0.347 e. The van der Waals surface area contributed by atoms with Crippen LogP contribution >= 0.6 is 11.3 Å². The quantitative estimate of drug-likeness (QED) is 0.887. The van der Waals surface area contributed by atoms with Gasteiger partial charge in [0, 0.05) is 23.5 Å². The van der Waals surface area contributed by atoms with E-state index >= 15 is 0 Å². The van der Waals surface area contributed by atoms with Gasteiger partial charge < -0.3 is 5.32 Å². The van der Waals surface area contributed by atoms with Gasteiger partial charge in [-0.2, -0.15) is 4.31 Å². The minimum atomic E-state index is -3.38. The number of carbonyl (C=O) groups is 1. The van der Waals surface area contributed by atoms with Gasteiger partial charge in [0.1, 0.15) is 4.21 Å². The molecule has 2 heterocycles. The van der Waals surface area contributed by atoms with Crippen molar-refractivity contribution in [3.63, 3.8) is 0 Å². The molecule has 1 N–H and O–H groups in total. The zero-order valence-corrected chi connectivity index (χ0v) is 15.1. The fourth-order valence-corrected chi connectivity index (χ4v) is 5.67. The third kappa shape index (κ3) is 3.68. The Morgan fingerprint density at radius 3 is 2.67 bits per heavy atom. The molecular weight excluding hydrogens is 344 g/mol. The summed E-state index contributed by atoms with van der Waals surface area (Å²) in [6.45, 7) is 3.46. The number of thiophene rings is 1. The van der Waals surface area contributed by atoms with Gasteiger partial charge >= 0.3 is 0 Å². The molecule has 1 aromatic heterocycles. The molecular formula is C17H20N2O3S2. The van der Waals surface area contributed by atoms with Crippen LogP contribution in [0.4, 0.5) is 0 Å². The van der Waals surface area contributed by atoms with Crippen LogP contribution in [0.15, 0.2) is 40.6 Å². The number of benzene rings is 1. The average molecular weight is 364 g/mol. The van der Waals surface area contributed by atoms with E-state index in [4.69, 9.17) is 0 Å². The molecule has 3 rings (SSSR count). The molecule has 1 aliphatic rings. The van der Waals surface area contributed by atoms with Gasteiger partial charge in [-0.15, -0.1) is 11.3 Å². The van der Waals surface area contributed by atoms with Crippen molar-refractivity contribution in [1.82, 2.24) is 9.62 Å². The molecule has 1 aromatic carbocycles. The minimum absolute atomic E-state index is 0.156. The molecule has 0 spiro atoms. The van der Waals surface area contributed by atoms with E-state index in [1.807, 2.05) is 25.1 Å². The van der Waals surface area contributed by atoms with Crippen LogP contribution in [0.2, 0.25) is 0 Å². The maximum Gasteiger partial charge on any atom is 0.252 e. The Morgan fingerprint density at radius 2 is 1.96 bits per heavy atom. The number of hydrogen-bond donors (Lipinski definition) is 1. The predicted octanol–water partition coefficient (Wildman–Crippen LogP) is 2.77. The van der Waals surface area contributed by atoms with Gasteiger partial charge in [0.25, 0.3) is 15.9 Å². The highest BCUT2D eigenvalue weighted by molar-refractivity contribution is 7.91. The molecule has 1 saturated heterocycles. The Morgan fingerprint density at radius 1 is 1.21 bits per heavy atom. The number of amides is 1. The van der Waals surface area contributed by atoms with Crippen LogP contribution < -0.4 is 5.32 Å². The number of rotatable bonds is 5. The number of nitrogens with one attached hydrogen (secondary N) is 1. The van der Waals surface area contributed by atoms with Crippen molar-refractivity contribution in [1.29, 1.82) is 0 Å².